The Bertz CT molecular complexity index is 550. The summed E-state index contributed by atoms with van der Waals surface area (Å²) in [7, 11) is 0. The summed E-state index contributed by atoms with van der Waals surface area (Å²) in [5, 5.41) is 21.1. The summed E-state index contributed by atoms with van der Waals surface area (Å²) in [4.78, 5) is 11.5. The van der Waals surface area contributed by atoms with E-state index in [1.807, 2.05) is 0 Å². The fraction of sp³-hybridized carbons (Fsp3) is 0.950. The van der Waals surface area contributed by atoms with Crippen LogP contribution in [-0.4, -0.2) is 47.2 Å². The van der Waals surface area contributed by atoms with Gasteiger partial charge in [-0.2, -0.15) is 0 Å². The maximum atomic E-state index is 11.5. The summed E-state index contributed by atoms with van der Waals surface area (Å²) >= 11 is 0. The van der Waals surface area contributed by atoms with Gasteiger partial charge in [0.05, 0.1) is 24.9 Å². The molecule has 4 aliphatic rings. The van der Waals surface area contributed by atoms with Crippen LogP contribution in [0, 0.1) is 28.6 Å². The Morgan fingerprint density at radius 1 is 1.12 bits per heavy atom. The van der Waals surface area contributed by atoms with Gasteiger partial charge in [-0.15, -0.1) is 0 Å². The molecular weight excluding hydrogens is 320 g/mol. The van der Waals surface area contributed by atoms with E-state index in [-0.39, 0.29) is 41.0 Å². The van der Waals surface area contributed by atoms with E-state index in [0.29, 0.717) is 18.4 Å². The number of aliphatic hydroxyl groups is 2. The minimum atomic E-state index is -0.394. The van der Waals surface area contributed by atoms with Crippen molar-refractivity contribution in [1.29, 1.82) is 0 Å². The van der Waals surface area contributed by atoms with Gasteiger partial charge in [0.1, 0.15) is 6.10 Å². The lowest BCUT2D eigenvalue weighted by Gasteiger charge is -2.61. The van der Waals surface area contributed by atoms with Crippen LogP contribution >= 0.6 is 0 Å². The van der Waals surface area contributed by atoms with Gasteiger partial charge in [0, 0.05) is 18.3 Å². The number of ether oxygens (including phenoxy) is 2. The van der Waals surface area contributed by atoms with E-state index in [4.69, 9.17) is 9.47 Å². The smallest absolute Gasteiger partial charge is 0.303 e. The van der Waals surface area contributed by atoms with E-state index in [1.165, 1.54) is 6.92 Å². The second-order valence-electron chi connectivity index (χ2n) is 9.51. The van der Waals surface area contributed by atoms with Crippen molar-refractivity contribution < 1.29 is 24.5 Å². The largest absolute Gasteiger partial charge is 0.459 e. The monoisotopic (exact) mass is 352 g/mol. The molecule has 4 unspecified atom stereocenters. The molecule has 0 aromatic carbocycles. The van der Waals surface area contributed by atoms with Gasteiger partial charge in [-0.25, -0.2) is 0 Å². The lowest BCUT2D eigenvalue weighted by atomic mass is 9.46. The van der Waals surface area contributed by atoms with Gasteiger partial charge in [0.2, 0.25) is 0 Å². The quantitative estimate of drug-likeness (QED) is 0.708. The molecule has 0 bridgehead atoms. The average molecular weight is 352 g/mol. The Balaban J connectivity index is 1.62. The maximum absolute atomic E-state index is 11.5. The number of carbonyl (C=O) groups is 1. The fourth-order valence-corrected chi connectivity index (χ4v) is 6.79. The zero-order valence-electron chi connectivity index (χ0n) is 15.6. The molecular formula is C20H32O5. The minimum absolute atomic E-state index is 0.0461. The third-order valence-corrected chi connectivity index (χ3v) is 8.25. The molecule has 2 N–H and O–H groups in total. The molecule has 0 aromatic rings. The van der Waals surface area contributed by atoms with Gasteiger partial charge in [0.25, 0.3) is 0 Å². The second kappa shape index (κ2) is 5.93. The number of rotatable bonds is 1. The summed E-state index contributed by atoms with van der Waals surface area (Å²) in [5.74, 6) is 0.663. The zero-order valence-corrected chi connectivity index (χ0v) is 15.6. The van der Waals surface area contributed by atoms with Crippen LogP contribution in [0.15, 0.2) is 0 Å². The Kier molecular flexibility index (Phi) is 4.21. The van der Waals surface area contributed by atoms with Gasteiger partial charge in [-0.05, 0) is 55.8 Å². The van der Waals surface area contributed by atoms with Gasteiger partial charge >= 0.3 is 5.97 Å². The summed E-state index contributed by atoms with van der Waals surface area (Å²) in [5.41, 5.74) is -0.0292. The highest BCUT2D eigenvalue weighted by molar-refractivity contribution is 5.66. The Hall–Kier alpha value is -0.650. The molecule has 142 valence electrons. The zero-order chi connectivity index (χ0) is 18.0. The van der Waals surface area contributed by atoms with Crippen molar-refractivity contribution in [3.8, 4) is 0 Å². The molecule has 3 saturated carbocycles. The van der Waals surface area contributed by atoms with Crippen LogP contribution in [-0.2, 0) is 14.3 Å². The Morgan fingerprint density at radius 3 is 2.56 bits per heavy atom. The third kappa shape index (κ3) is 2.57. The average Bonchev–Trinajstić information content (AvgIpc) is 2.85. The molecule has 0 radical (unpaired) electrons. The van der Waals surface area contributed by atoms with Crippen molar-refractivity contribution in [3.63, 3.8) is 0 Å². The van der Waals surface area contributed by atoms with Crippen LogP contribution in [0.2, 0.25) is 0 Å². The van der Waals surface area contributed by atoms with E-state index < -0.39 is 6.10 Å². The van der Waals surface area contributed by atoms with E-state index in [1.54, 1.807) is 0 Å². The van der Waals surface area contributed by atoms with Crippen LogP contribution < -0.4 is 0 Å². The molecule has 5 heteroatoms. The first-order valence-corrected chi connectivity index (χ1v) is 9.90. The van der Waals surface area contributed by atoms with Gasteiger partial charge in [-0.1, -0.05) is 13.8 Å². The summed E-state index contributed by atoms with van der Waals surface area (Å²) in [6.07, 6.45) is 4.61. The van der Waals surface area contributed by atoms with E-state index in [2.05, 4.69) is 13.8 Å². The lowest BCUT2D eigenvalue weighted by molar-refractivity contribution is -0.192. The Labute approximate surface area is 150 Å². The lowest BCUT2D eigenvalue weighted by Crippen LogP contribution is -2.61. The van der Waals surface area contributed by atoms with E-state index in [9.17, 15) is 15.0 Å². The van der Waals surface area contributed by atoms with Crippen molar-refractivity contribution in [2.75, 3.05) is 6.61 Å². The van der Waals surface area contributed by atoms with Crippen molar-refractivity contribution in [2.45, 2.75) is 83.7 Å². The topological polar surface area (TPSA) is 76.0 Å². The number of carbonyl (C=O) groups excluding carboxylic acids is 1. The van der Waals surface area contributed by atoms with Crippen molar-refractivity contribution >= 4 is 5.97 Å². The van der Waals surface area contributed by atoms with Gasteiger partial charge in [0.15, 0.2) is 0 Å². The number of aliphatic hydroxyl groups excluding tert-OH is 2. The molecule has 1 saturated heterocycles. The van der Waals surface area contributed by atoms with Gasteiger partial charge < -0.3 is 19.7 Å². The van der Waals surface area contributed by atoms with Crippen molar-refractivity contribution in [1.82, 2.24) is 0 Å². The van der Waals surface area contributed by atoms with E-state index >= 15 is 0 Å². The third-order valence-electron chi connectivity index (χ3n) is 8.25. The molecule has 3 aliphatic carbocycles. The fourth-order valence-electron chi connectivity index (χ4n) is 6.79. The van der Waals surface area contributed by atoms with Gasteiger partial charge in [-0.3, -0.25) is 4.79 Å². The molecule has 1 aliphatic heterocycles. The van der Waals surface area contributed by atoms with Crippen LogP contribution in [0.5, 0.6) is 0 Å². The number of fused-ring (bicyclic) bond motifs is 5. The second-order valence-corrected chi connectivity index (χ2v) is 9.51. The molecule has 9 atom stereocenters. The van der Waals surface area contributed by atoms with Crippen molar-refractivity contribution in [2.24, 2.45) is 28.6 Å². The highest BCUT2D eigenvalue weighted by atomic mass is 16.6. The minimum Gasteiger partial charge on any atom is -0.459 e. The molecule has 4 rings (SSSR count). The number of esters is 1. The summed E-state index contributed by atoms with van der Waals surface area (Å²) in [6.45, 7) is 6.43. The molecule has 5 nitrogen and oxygen atoms in total. The number of hydrogen-bond donors (Lipinski definition) is 2. The molecule has 0 spiro atoms. The molecule has 0 amide bonds. The van der Waals surface area contributed by atoms with Crippen molar-refractivity contribution in [3.05, 3.63) is 0 Å². The Morgan fingerprint density at radius 2 is 1.84 bits per heavy atom. The first kappa shape index (κ1) is 17.7. The summed E-state index contributed by atoms with van der Waals surface area (Å²) < 4.78 is 11.7. The van der Waals surface area contributed by atoms with E-state index in [0.717, 1.165) is 38.5 Å². The van der Waals surface area contributed by atoms with Crippen LogP contribution in [0.4, 0.5) is 0 Å². The molecule has 0 aromatic heterocycles. The molecule has 4 fully saturated rings. The highest BCUT2D eigenvalue weighted by Gasteiger charge is 2.64. The predicted octanol–water partition coefficient (Wildman–Crippen LogP) is 2.28. The predicted molar refractivity (Wildman–Crippen MR) is 91.7 cm³/mol. The van der Waals surface area contributed by atoms with Crippen LogP contribution in [0.1, 0.15) is 59.3 Å². The first-order valence-electron chi connectivity index (χ1n) is 9.90. The first-order chi connectivity index (χ1) is 11.8. The normalized spacial score (nSPS) is 55.0. The standard InChI is InChI=1S/C20H32O5/c1-11(21)25-16-10-24-18-17-14(5-7-20(16,18)3)19(2)6-4-13(22)8-12(19)9-15(17)23/h12-18,22-23H,4-10H2,1-3H3/t12?,13-,14?,15-,16-,17?,18?,19-,20+/m0/s1. The number of hydrogen-bond acceptors (Lipinski definition) is 5. The molecule has 25 heavy (non-hydrogen) atoms. The van der Waals surface area contributed by atoms with Crippen LogP contribution in [0.3, 0.4) is 0 Å². The van der Waals surface area contributed by atoms with Crippen LogP contribution in [0.25, 0.3) is 0 Å². The highest BCUT2D eigenvalue weighted by Crippen LogP contribution is 2.63. The molecule has 1 heterocycles. The summed E-state index contributed by atoms with van der Waals surface area (Å²) in [6, 6.07) is 0. The maximum Gasteiger partial charge on any atom is 0.303 e. The SMILES string of the molecule is CC(=O)O[C@H]1COC2C3C(CC[C@@]21C)[C@@]1(C)CC[C@H](O)CC1C[C@@H]3O.